The van der Waals surface area contributed by atoms with Gasteiger partial charge in [0.1, 0.15) is 16.6 Å². The van der Waals surface area contributed by atoms with E-state index in [2.05, 4.69) is 43.1 Å². The van der Waals surface area contributed by atoms with Gasteiger partial charge in [-0.05, 0) is 42.5 Å². The number of aryl methyl sites for hydroxylation is 1. The normalized spacial score (nSPS) is 11.1. The molecule has 31 heavy (non-hydrogen) atoms. The van der Waals surface area contributed by atoms with E-state index in [0.29, 0.717) is 22.9 Å². The molecule has 2 nitrogen and oxygen atoms in total. The van der Waals surface area contributed by atoms with E-state index in [-0.39, 0.29) is 5.82 Å². The number of hydrogen-bond acceptors (Lipinski definition) is 3. The molecule has 1 heterocycles. The van der Waals surface area contributed by atoms with Crippen LogP contribution < -0.4 is 4.74 Å². The fourth-order valence-electron chi connectivity index (χ4n) is 3.60. The minimum atomic E-state index is -0.283. The summed E-state index contributed by atoms with van der Waals surface area (Å²) in [6.45, 7) is 5.06. The number of rotatable bonds is 13. The first-order chi connectivity index (χ1) is 15.2. The van der Waals surface area contributed by atoms with Crippen molar-refractivity contribution in [2.45, 2.75) is 71.6 Å². The molecule has 0 saturated carbocycles. The number of nitrogens with zero attached hydrogens (tertiary/aromatic N) is 1. The summed E-state index contributed by atoms with van der Waals surface area (Å²) in [5.41, 5.74) is 3.04. The lowest BCUT2D eigenvalue weighted by Crippen LogP contribution is -1.98. The SMILES string of the molecule is CCCCCCOc1ccc(-c2ncc(-c3ccc(CCCCCC)cc3)s2)c(F)c1. The van der Waals surface area contributed by atoms with Crippen molar-refractivity contribution in [2.75, 3.05) is 6.61 Å². The van der Waals surface area contributed by atoms with Gasteiger partial charge in [-0.25, -0.2) is 9.37 Å². The van der Waals surface area contributed by atoms with Crippen LogP contribution in [0.3, 0.4) is 0 Å². The second-order valence-corrected chi connectivity index (χ2v) is 9.12. The zero-order valence-electron chi connectivity index (χ0n) is 18.8. The van der Waals surface area contributed by atoms with E-state index in [1.165, 1.54) is 61.5 Å². The van der Waals surface area contributed by atoms with E-state index in [1.54, 1.807) is 6.07 Å². The first-order valence-corrected chi connectivity index (χ1v) is 12.5. The lowest BCUT2D eigenvalue weighted by molar-refractivity contribution is 0.303. The second kappa shape index (κ2) is 12.6. The van der Waals surface area contributed by atoms with Crippen LogP contribution in [-0.4, -0.2) is 11.6 Å². The lowest BCUT2D eigenvalue weighted by Gasteiger charge is -2.07. The van der Waals surface area contributed by atoms with E-state index < -0.39 is 0 Å². The summed E-state index contributed by atoms with van der Waals surface area (Å²) in [6.07, 6.45) is 12.7. The van der Waals surface area contributed by atoms with Crippen LogP contribution in [0.15, 0.2) is 48.7 Å². The smallest absolute Gasteiger partial charge is 0.137 e. The van der Waals surface area contributed by atoms with Crippen molar-refractivity contribution in [3.8, 4) is 26.8 Å². The van der Waals surface area contributed by atoms with Gasteiger partial charge in [0.15, 0.2) is 0 Å². The number of unbranched alkanes of at least 4 members (excludes halogenated alkanes) is 6. The van der Waals surface area contributed by atoms with Gasteiger partial charge >= 0.3 is 0 Å². The molecule has 1 aromatic heterocycles. The van der Waals surface area contributed by atoms with E-state index >= 15 is 0 Å². The van der Waals surface area contributed by atoms with Crippen LogP contribution in [0.2, 0.25) is 0 Å². The van der Waals surface area contributed by atoms with Gasteiger partial charge in [0, 0.05) is 17.8 Å². The number of thiazole rings is 1. The van der Waals surface area contributed by atoms with Gasteiger partial charge in [-0.1, -0.05) is 76.6 Å². The van der Waals surface area contributed by atoms with Crippen LogP contribution in [0, 0.1) is 5.82 Å². The van der Waals surface area contributed by atoms with Gasteiger partial charge in [-0.2, -0.15) is 0 Å². The van der Waals surface area contributed by atoms with Crippen LogP contribution >= 0.6 is 11.3 Å². The van der Waals surface area contributed by atoms with E-state index in [9.17, 15) is 4.39 Å². The minimum absolute atomic E-state index is 0.283. The molecule has 0 N–H and O–H groups in total. The molecule has 0 unspecified atom stereocenters. The van der Waals surface area contributed by atoms with Crippen molar-refractivity contribution in [2.24, 2.45) is 0 Å². The molecule has 0 spiro atoms. The summed E-state index contributed by atoms with van der Waals surface area (Å²) in [7, 11) is 0. The van der Waals surface area contributed by atoms with Crippen molar-refractivity contribution in [3.05, 3.63) is 60.0 Å². The second-order valence-electron chi connectivity index (χ2n) is 8.09. The molecule has 0 aliphatic rings. The predicted octanol–water partition coefficient (Wildman–Crippen LogP) is 8.70. The molecule has 0 amide bonds. The standard InChI is InChI=1S/C27H34FNOS/c1-3-5-7-9-11-21-12-14-22(15-13-21)26-20-29-27(31-26)24-17-16-23(19-25(24)28)30-18-10-8-6-4-2/h12-17,19-20H,3-11,18H2,1-2H3. The highest BCUT2D eigenvalue weighted by Crippen LogP contribution is 2.34. The maximum atomic E-state index is 14.7. The highest BCUT2D eigenvalue weighted by Gasteiger charge is 2.12. The Morgan fingerprint density at radius 1 is 0.871 bits per heavy atom. The predicted molar refractivity (Wildman–Crippen MR) is 130 cm³/mol. The van der Waals surface area contributed by atoms with Gasteiger partial charge in [0.05, 0.1) is 11.5 Å². The number of hydrogen-bond donors (Lipinski definition) is 0. The highest BCUT2D eigenvalue weighted by atomic mass is 32.1. The van der Waals surface area contributed by atoms with Crippen molar-refractivity contribution in [1.82, 2.24) is 4.98 Å². The highest BCUT2D eigenvalue weighted by molar-refractivity contribution is 7.18. The number of halogens is 1. The number of benzene rings is 2. The Morgan fingerprint density at radius 2 is 1.61 bits per heavy atom. The third-order valence-electron chi connectivity index (χ3n) is 5.50. The monoisotopic (exact) mass is 439 g/mol. The van der Waals surface area contributed by atoms with Crippen LogP contribution in [-0.2, 0) is 6.42 Å². The molecule has 0 fully saturated rings. The largest absolute Gasteiger partial charge is 0.493 e. The summed E-state index contributed by atoms with van der Waals surface area (Å²) in [5, 5.41) is 0.700. The Morgan fingerprint density at radius 3 is 2.32 bits per heavy atom. The average molecular weight is 440 g/mol. The molecule has 0 bridgehead atoms. The van der Waals surface area contributed by atoms with Crippen LogP contribution in [0.25, 0.3) is 21.0 Å². The Balaban J connectivity index is 1.59. The maximum Gasteiger partial charge on any atom is 0.137 e. The molecule has 0 aliphatic heterocycles. The van der Waals surface area contributed by atoms with Crippen molar-refractivity contribution in [1.29, 1.82) is 0 Å². The zero-order valence-corrected chi connectivity index (χ0v) is 19.6. The first kappa shape index (κ1) is 23.5. The maximum absolute atomic E-state index is 14.7. The Labute approximate surface area is 190 Å². The molecule has 4 heteroatoms. The van der Waals surface area contributed by atoms with Gasteiger partial charge in [-0.15, -0.1) is 11.3 Å². The van der Waals surface area contributed by atoms with Crippen LogP contribution in [0.4, 0.5) is 4.39 Å². The topological polar surface area (TPSA) is 22.1 Å². The van der Waals surface area contributed by atoms with Crippen LogP contribution in [0.1, 0.15) is 70.8 Å². The molecule has 0 radical (unpaired) electrons. The Bertz CT molecular complexity index is 919. The van der Waals surface area contributed by atoms with Gasteiger partial charge in [0.2, 0.25) is 0 Å². The molecule has 166 valence electrons. The quantitative estimate of drug-likeness (QED) is 0.248. The fraction of sp³-hybridized carbons (Fsp3) is 0.444. The van der Waals surface area contributed by atoms with Gasteiger partial charge < -0.3 is 4.74 Å². The number of ether oxygens (including phenoxy) is 1. The molecule has 3 rings (SSSR count). The molecule has 2 aromatic carbocycles. The fourth-order valence-corrected chi connectivity index (χ4v) is 4.55. The molecule has 0 atom stereocenters. The van der Waals surface area contributed by atoms with E-state index in [1.807, 2.05) is 12.3 Å². The zero-order chi connectivity index (χ0) is 21.9. The van der Waals surface area contributed by atoms with Crippen molar-refractivity contribution in [3.63, 3.8) is 0 Å². The molecule has 3 aromatic rings. The first-order valence-electron chi connectivity index (χ1n) is 11.7. The summed E-state index contributed by atoms with van der Waals surface area (Å²) in [4.78, 5) is 5.54. The molecular formula is C27H34FNOS. The Kier molecular flexibility index (Phi) is 9.54. The van der Waals surface area contributed by atoms with Crippen molar-refractivity contribution >= 4 is 11.3 Å². The summed E-state index contributed by atoms with van der Waals surface area (Å²) in [5.74, 6) is 0.304. The third-order valence-corrected chi connectivity index (χ3v) is 6.58. The summed E-state index contributed by atoms with van der Waals surface area (Å²) < 4.78 is 20.4. The van der Waals surface area contributed by atoms with Crippen molar-refractivity contribution < 1.29 is 9.13 Å². The summed E-state index contributed by atoms with van der Waals surface area (Å²) >= 11 is 1.52. The summed E-state index contributed by atoms with van der Waals surface area (Å²) in [6, 6.07) is 13.8. The molecular weight excluding hydrogens is 405 g/mol. The van der Waals surface area contributed by atoms with E-state index in [0.717, 1.165) is 29.7 Å². The lowest BCUT2D eigenvalue weighted by atomic mass is 10.0. The minimum Gasteiger partial charge on any atom is -0.493 e. The Hall–Kier alpha value is -2.20. The average Bonchev–Trinajstić information content (AvgIpc) is 3.27. The molecule has 0 saturated heterocycles. The third kappa shape index (κ3) is 7.17. The van der Waals surface area contributed by atoms with Crippen LogP contribution in [0.5, 0.6) is 5.75 Å². The van der Waals surface area contributed by atoms with E-state index in [4.69, 9.17) is 4.74 Å². The van der Waals surface area contributed by atoms with Gasteiger partial charge in [-0.3, -0.25) is 0 Å². The van der Waals surface area contributed by atoms with Gasteiger partial charge in [0.25, 0.3) is 0 Å². The molecule has 0 aliphatic carbocycles. The number of aromatic nitrogens is 1.